The molecule has 32 heavy (non-hydrogen) atoms. The lowest BCUT2D eigenvalue weighted by molar-refractivity contribution is -0.121. The van der Waals surface area contributed by atoms with E-state index in [1.165, 1.54) is 11.3 Å². The molecule has 0 unspecified atom stereocenters. The van der Waals surface area contributed by atoms with Gasteiger partial charge in [-0.2, -0.15) is 0 Å². The number of hydrogen-bond donors (Lipinski definition) is 0. The molecule has 1 amide bonds. The summed E-state index contributed by atoms with van der Waals surface area (Å²) in [6.45, 7) is 0.753. The Hall–Kier alpha value is -3.42. The van der Waals surface area contributed by atoms with Gasteiger partial charge in [0.25, 0.3) is 5.91 Å². The number of hydrogen-bond acceptors (Lipinski definition) is 6. The van der Waals surface area contributed by atoms with Crippen LogP contribution in [0, 0.1) is 0 Å². The Morgan fingerprint density at radius 3 is 2.78 bits per heavy atom. The first kappa shape index (κ1) is 20.5. The molecule has 0 atom stereocenters. The van der Waals surface area contributed by atoms with E-state index in [9.17, 15) is 4.79 Å². The molecule has 3 heterocycles. The van der Waals surface area contributed by atoms with E-state index in [2.05, 4.69) is 4.98 Å². The zero-order valence-corrected chi connectivity index (χ0v) is 18.5. The van der Waals surface area contributed by atoms with Crippen LogP contribution < -0.4 is 14.4 Å². The number of ether oxygens (including phenoxy) is 2. The molecule has 0 saturated carbocycles. The molecule has 1 aliphatic rings. The fraction of sp³-hybridized carbons (Fsp3) is 0.125. The zero-order chi connectivity index (χ0) is 21.9. The van der Waals surface area contributed by atoms with Crippen molar-refractivity contribution in [2.75, 3.05) is 24.7 Å². The summed E-state index contributed by atoms with van der Waals surface area (Å²) < 4.78 is 11.4. The lowest BCUT2D eigenvalue weighted by Crippen LogP contribution is -2.41. The highest BCUT2D eigenvalue weighted by Gasteiger charge is 2.26. The highest BCUT2D eigenvalue weighted by atomic mass is 35.5. The number of benzene rings is 2. The van der Waals surface area contributed by atoms with Crippen molar-refractivity contribution >= 4 is 34.5 Å². The first-order chi connectivity index (χ1) is 15.7. The highest BCUT2D eigenvalue weighted by Crippen LogP contribution is 2.37. The number of anilines is 1. The summed E-state index contributed by atoms with van der Waals surface area (Å²) >= 11 is 7.45. The fourth-order valence-electron chi connectivity index (χ4n) is 3.41. The van der Waals surface area contributed by atoms with Gasteiger partial charge in [-0.05, 0) is 54.6 Å². The van der Waals surface area contributed by atoms with Gasteiger partial charge in [0.1, 0.15) is 23.1 Å². The van der Waals surface area contributed by atoms with E-state index in [1.54, 1.807) is 35.4 Å². The molecule has 2 aromatic carbocycles. The van der Waals surface area contributed by atoms with Crippen molar-refractivity contribution in [3.63, 3.8) is 0 Å². The third-order valence-electron chi connectivity index (χ3n) is 4.98. The molecular formula is C24H18ClN3O3S. The van der Waals surface area contributed by atoms with Crippen molar-refractivity contribution in [1.82, 2.24) is 9.97 Å². The van der Waals surface area contributed by atoms with E-state index in [-0.39, 0.29) is 12.5 Å². The predicted octanol–water partition coefficient (Wildman–Crippen LogP) is 5.33. The summed E-state index contributed by atoms with van der Waals surface area (Å²) in [7, 11) is 0. The number of rotatable bonds is 6. The summed E-state index contributed by atoms with van der Waals surface area (Å²) in [5.41, 5.74) is 3.28. The smallest absolute Gasteiger partial charge is 0.265 e. The number of carbonyl (C=O) groups excluding carboxylic acids is 1. The quantitative estimate of drug-likeness (QED) is 0.386. The number of halogens is 1. The minimum atomic E-state index is -0.109. The third kappa shape index (κ3) is 4.30. The maximum absolute atomic E-state index is 12.6. The van der Waals surface area contributed by atoms with Crippen molar-refractivity contribution < 1.29 is 14.3 Å². The Kier molecular flexibility index (Phi) is 5.75. The predicted molar refractivity (Wildman–Crippen MR) is 126 cm³/mol. The number of nitrogens with zero attached hydrogens (tertiary/aromatic N) is 3. The van der Waals surface area contributed by atoms with Gasteiger partial charge in [-0.25, -0.2) is 4.98 Å². The normalized spacial score (nSPS) is 12.9. The minimum Gasteiger partial charge on any atom is -0.492 e. The summed E-state index contributed by atoms with van der Waals surface area (Å²) in [5.74, 6) is 1.26. The summed E-state index contributed by atoms with van der Waals surface area (Å²) in [5, 5.41) is 3.49. The van der Waals surface area contributed by atoms with Crippen LogP contribution in [0.3, 0.4) is 0 Å². The Bertz CT molecular complexity index is 1250. The first-order valence-electron chi connectivity index (χ1n) is 10.0. The minimum absolute atomic E-state index is 0.00776. The van der Waals surface area contributed by atoms with E-state index in [1.807, 2.05) is 41.8 Å². The van der Waals surface area contributed by atoms with Gasteiger partial charge in [-0.15, -0.1) is 11.3 Å². The molecule has 0 saturated heterocycles. The fourth-order valence-corrected chi connectivity index (χ4v) is 4.34. The molecule has 0 bridgehead atoms. The van der Waals surface area contributed by atoms with Gasteiger partial charge in [0.15, 0.2) is 6.61 Å². The monoisotopic (exact) mass is 463 g/mol. The molecule has 5 rings (SSSR count). The van der Waals surface area contributed by atoms with Gasteiger partial charge < -0.3 is 14.4 Å². The van der Waals surface area contributed by atoms with E-state index >= 15 is 0 Å². The Balaban J connectivity index is 1.36. The van der Waals surface area contributed by atoms with Crippen LogP contribution in [0.15, 0.2) is 72.2 Å². The van der Waals surface area contributed by atoms with Crippen LogP contribution in [0.25, 0.3) is 22.0 Å². The third-order valence-corrected chi connectivity index (χ3v) is 6.10. The van der Waals surface area contributed by atoms with Crippen LogP contribution in [-0.4, -0.2) is 35.6 Å². The molecule has 6 nitrogen and oxygen atoms in total. The van der Waals surface area contributed by atoms with E-state index in [0.717, 1.165) is 22.0 Å². The van der Waals surface area contributed by atoms with E-state index < -0.39 is 0 Å². The average Bonchev–Trinajstić information content (AvgIpc) is 3.32. The van der Waals surface area contributed by atoms with E-state index in [4.69, 9.17) is 26.1 Å². The van der Waals surface area contributed by atoms with Crippen LogP contribution in [0.2, 0.25) is 5.02 Å². The Morgan fingerprint density at radius 2 is 1.97 bits per heavy atom. The van der Waals surface area contributed by atoms with Gasteiger partial charge in [0.2, 0.25) is 0 Å². The SMILES string of the molecule is O=C1COc2ccc(-c3csc(-c4ccccn4)n3)cc2N1CCOc1ccc(Cl)cc1. The van der Waals surface area contributed by atoms with Gasteiger partial charge in [-0.1, -0.05) is 17.7 Å². The molecule has 0 spiro atoms. The molecular weight excluding hydrogens is 446 g/mol. The topological polar surface area (TPSA) is 64.5 Å². The van der Waals surface area contributed by atoms with E-state index in [0.29, 0.717) is 35.4 Å². The second-order valence-electron chi connectivity index (χ2n) is 7.07. The van der Waals surface area contributed by atoms with Gasteiger partial charge in [0, 0.05) is 22.2 Å². The van der Waals surface area contributed by atoms with Crippen LogP contribution in [0.5, 0.6) is 11.5 Å². The number of amides is 1. The van der Waals surface area contributed by atoms with Crippen LogP contribution in [0.1, 0.15) is 0 Å². The van der Waals surface area contributed by atoms with Gasteiger partial charge in [0.05, 0.1) is 23.6 Å². The largest absolute Gasteiger partial charge is 0.492 e. The first-order valence-corrected chi connectivity index (χ1v) is 11.3. The van der Waals surface area contributed by atoms with Crippen LogP contribution in [0.4, 0.5) is 5.69 Å². The molecule has 160 valence electrons. The number of aromatic nitrogens is 2. The molecule has 2 aromatic heterocycles. The lowest BCUT2D eigenvalue weighted by atomic mass is 10.1. The zero-order valence-electron chi connectivity index (χ0n) is 16.9. The van der Waals surface area contributed by atoms with Crippen molar-refractivity contribution in [2.45, 2.75) is 0 Å². The van der Waals surface area contributed by atoms with Gasteiger partial charge >= 0.3 is 0 Å². The molecule has 0 fully saturated rings. The highest BCUT2D eigenvalue weighted by molar-refractivity contribution is 7.13. The maximum atomic E-state index is 12.6. The van der Waals surface area contributed by atoms with Gasteiger partial charge in [-0.3, -0.25) is 9.78 Å². The second kappa shape index (κ2) is 8.98. The lowest BCUT2D eigenvalue weighted by Gasteiger charge is -2.29. The second-order valence-corrected chi connectivity index (χ2v) is 8.37. The number of carbonyl (C=O) groups is 1. The standard InChI is InChI=1S/C24H18ClN3O3S/c25-17-5-7-18(8-6-17)30-12-11-28-21-13-16(4-9-22(21)31-14-23(28)29)20-15-32-24(27-20)19-3-1-2-10-26-19/h1-10,13,15H,11-12,14H2. The van der Waals surface area contributed by atoms with Crippen molar-refractivity contribution in [3.8, 4) is 33.5 Å². The molecule has 1 aliphatic heterocycles. The molecule has 0 aliphatic carbocycles. The Morgan fingerprint density at radius 1 is 1.09 bits per heavy atom. The molecule has 0 N–H and O–H groups in total. The molecule has 4 aromatic rings. The summed E-state index contributed by atoms with van der Waals surface area (Å²) in [4.78, 5) is 23.4. The van der Waals surface area contributed by atoms with Crippen molar-refractivity contribution in [3.05, 3.63) is 77.3 Å². The number of pyridine rings is 1. The number of thiazole rings is 1. The van der Waals surface area contributed by atoms with Crippen molar-refractivity contribution in [1.29, 1.82) is 0 Å². The molecule has 8 heteroatoms. The van der Waals surface area contributed by atoms with Crippen LogP contribution >= 0.6 is 22.9 Å². The van der Waals surface area contributed by atoms with Crippen molar-refractivity contribution in [2.24, 2.45) is 0 Å². The van der Waals surface area contributed by atoms with Crippen LogP contribution in [-0.2, 0) is 4.79 Å². The maximum Gasteiger partial charge on any atom is 0.265 e. The summed E-state index contributed by atoms with van der Waals surface area (Å²) in [6.07, 6.45) is 1.75. The Labute approximate surface area is 194 Å². The number of fused-ring (bicyclic) bond motifs is 1. The summed E-state index contributed by atoms with van der Waals surface area (Å²) in [6, 6.07) is 18.7. The molecule has 0 radical (unpaired) electrons. The average molecular weight is 464 g/mol.